The number of nitrogens with one attached hydrogen (secondary N) is 1. The maximum atomic E-state index is 11.2. The van der Waals surface area contributed by atoms with Crippen molar-refractivity contribution in [3.8, 4) is 0 Å². The minimum Gasteiger partial charge on any atom is -0.479 e. The fourth-order valence-corrected chi connectivity index (χ4v) is 2.64. The molecule has 1 atom stereocenters. The van der Waals surface area contributed by atoms with Crippen molar-refractivity contribution in [3.05, 3.63) is 9.98 Å². The molecular formula is C8H9BrN2O3S. The van der Waals surface area contributed by atoms with E-state index in [1.54, 1.807) is 5.38 Å². The maximum Gasteiger partial charge on any atom is 0.331 e. The topological polar surface area (TPSA) is 71.5 Å². The number of halogens is 1. The van der Waals surface area contributed by atoms with Gasteiger partial charge in [-0.2, -0.15) is 0 Å². The Morgan fingerprint density at radius 3 is 3.07 bits per heavy atom. The first-order valence-corrected chi connectivity index (χ1v) is 6.00. The van der Waals surface area contributed by atoms with Crippen molar-refractivity contribution >= 4 is 38.4 Å². The van der Waals surface area contributed by atoms with Gasteiger partial charge in [0.2, 0.25) is 0 Å². The number of carboxylic acid groups (broad SMARTS) is 1. The highest BCUT2D eigenvalue weighted by molar-refractivity contribution is 9.10. The fourth-order valence-electron chi connectivity index (χ4n) is 1.40. The molecule has 7 heteroatoms. The highest BCUT2D eigenvalue weighted by Gasteiger charge is 2.43. The van der Waals surface area contributed by atoms with Crippen molar-refractivity contribution in [1.29, 1.82) is 0 Å². The summed E-state index contributed by atoms with van der Waals surface area (Å²) in [7, 11) is 0. The summed E-state index contributed by atoms with van der Waals surface area (Å²) >= 11 is 4.58. The maximum absolute atomic E-state index is 11.2. The molecule has 0 amide bonds. The minimum atomic E-state index is -1.02. The molecule has 1 fully saturated rings. The van der Waals surface area contributed by atoms with Crippen LogP contribution < -0.4 is 5.32 Å². The summed E-state index contributed by atoms with van der Waals surface area (Å²) in [6, 6.07) is 0. The van der Waals surface area contributed by atoms with Gasteiger partial charge in [-0.25, -0.2) is 9.78 Å². The van der Waals surface area contributed by atoms with Crippen LogP contribution in [0.4, 0.5) is 5.13 Å². The molecule has 1 saturated heterocycles. The zero-order chi connectivity index (χ0) is 10.9. The van der Waals surface area contributed by atoms with E-state index in [-0.39, 0.29) is 6.61 Å². The lowest BCUT2D eigenvalue weighted by molar-refractivity contribution is -0.142. The third-order valence-corrected chi connectivity index (χ3v) is 3.72. The highest BCUT2D eigenvalue weighted by atomic mass is 79.9. The molecule has 0 aromatic carbocycles. The summed E-state index contributed by atoms with van der Waals surface area (Å²) in [5, 5.41) is 14.5. The predicted molar refractivity (Wildman–Crippen MR) is 59.2 cm³/mol. The molecule has 5 nitrogen and oxygen atoms in total. The van der Waals surface area contributed by atoms with Gasteiger partial charge in [-0.05, 0) is 15.9 Å². The van der Waals surface area contributed by atoms with Crippen LogP contribution in [-0.2, 0) is 9.53 Å². The molecule has 0 aliphatic carbocycles. The minimum absolute atomic E-state index is 0.180. The molecule has 82 valence electrons. The standard InChI is InChI=1S/C8H9BrN2O3S/c9-5-3-15-7(10-5)11-8(6(12)13)1-2-14-4-8/h3H,1-2,4H2,(H,10,11)(H,12,13). The van der Waals surface area contributed by atoms with E-state index < -0.39 is 11.5 Å². The summed E-state index contributed by atoms with van der Waals surface area (Å²) < 4.78 is 5.83. The molecular weight excluding hydrogens is 284 g/mol. The van der Waals surface area contributed by atoms with Gasteiger partial charge in [0.05, 0.1) is 6.61 Å². The van der Waals surface area contributed by atoms with E-state index in [4.69, 9.17) is 9.84 Å². The van der Waals surface area contributed by atoms with Gasteiger partial charge in [-0.3, -0.25) is 0 Å². The van der Waals surface area contributed by atoms with Crippen molar-refractivity contribution in [3.63, 3.8) is 0 Å². The molecule has 0 radical (unpaired) electrons. The number of aromatic nitrogens is 1. The van der Waals surface area contributed by atoms with Crippen molar-refractivity contribution in [2.24, 2.45) is 0 Å². The zero-order valence-corrected chi connectivity index (χ0v) is 10.1. The number of carbonyl (C=O) groups is 1. The van der Waals surface area contributed by atoms with Gasteiger partial charge < -0.3 is 15.2 Å². The second-order valence-electron chi connectivity index (χ2n) is 3.29. The van der Waals surface area contributed by atoms with Crippen molar-refractivity contribution < 1.29 is 14.6 Å². The number of nitrogens with zero attached hydrogens (tertiary/aromatic N) is 1. The molecule has 1 aromatic heterocycles. The Hall–Kier alpha value is -0.660. The lowest BCUT2D eigenvalue weighted by atomic mass is 10.00. The van der Waals surface area contributed by atoms with Crippen LogP contribution in [0.2, 0.25) is 0 Å². The number of anilines is 1. The largest absolute Gasteiger partial charge is 0.479 e. The quantitative estimate of drug-likeness (QED) is 0.885. The van der Waals surface area contributed by atoms with E-state index in [0.717, 1.165) is 0 Å². The monoisotopic (exact) mass is 292 g/mol. The highest BCUT2D eigenvalue weighted by Crippen LogP contribution is 2.28. The molecule has 2 N–H and O–H groups in total. The van der Waals surface area contributed by atoms with Gasteiger partial charge in [-0.15, -0.1) is 11.3 Å². The van der Waals surface area contributed by atoms with Crippen molar-refractivity contribution in [2.75, 3.05) is 18.5 Å². The molecule has 2 heterocycles. The van der Waals surface area contributed by atoms with Crippen LogP contribution in [0.25, 0.3) is 0 Å². The molecule has 15 heavy (non-hydrogen) atoms. The van der Waals surface area contributed by atoms with Gasteiger partial charge >= 0.3 is 5.97 Å². The van der Waals surface area contributed by atoms with E-state index in [0.29, 0.717) is 22.8 Å². The third-order valence-electron chi connectivity index (χ3n) is 2.25. The third kappa shape index (κ3) is 2.14. The summed E-state index contributed by atoms with van der Waals surface area (Å²) in [5.41, 5.74) is -1.02. The van der Waals surface area contributed by atoms with E-state index in [1.165, 1.54) is 11.3 Å². The first kappa shape index (κ1) is 10.8. The Morgan fingerprint density at radius 1 is 1.80 bits per heavy atom. The van der Waals surface area contributed by atoms with Gasteiger partial charge in [0.15, 0.2) is 10.7 Å². The first-order chi connectivity index (χ1) is 7.12. The van der Waals surface area contributed by atoms with Crippen LogP contribution in [0, 0.1) is 0 Å². The lowest BCUT2D eigenvalue weighted by Gasteiger charge is -2.22. The lowest BCUT2D eigenvalue weighted by Crippen LogP contribution is -2.46. The SMILES string of the molecule is O=C(O)C1(Nc2nc(Br)cs2)CCOC1. The van der Waals surface area contributed by atoms with Crippen LogP contribution in [0.5, 0.6) is 0 Å². The summed E-state index contributed by atoms with van der Waals surface area (Å²) in [6.07, 6.45) is 0.458. The Labute approximate surface area is 98.6 Å². The molecule has 1 aromatic rings. The Kier molecular flexibility index (Phi) is 2.94. The Bertz CT molecular complexity index is 376. The number of carboxylic acids is 1. The summed E-state index contributed by atoms with van der Waals surface area (Å²) in [6.45, 7) is 0.644. The number of rotatable bonds is 3. The first-order valence-electron chi connectivity index (χ1n) is 4.33. The molecule has 0 bridgehead atoms. The number of aliphatic carboxylic acids is 1. The number of hydrogen-bond acceptors (Lipinski definition) is 5. The van der Waals surface area contributed by atoms with Crippen LogP contribution in [0.15, 0.2) is 9.98 Å². The van der Waals surface area contributed by atoms with Gasteiger partial charge in [-0.1, -0.05) is 0 Å². The van der Waals surface area contributed by atoms with Gasteiger partial charge in [0.1, 0.15) is 4.60 Å². The average Bonchev–Trinajstić information content (AvgIpc) is 2.77. The molecule has 1 aliphatic heterocycles. The van der Waals surface area contributed by atoms with Gasteiger partial charge in [0, 0.05) is 18.4 Å². The average molecular weight is 293 g/mol. The predicted octanol–water partition coefficient (Wildman–Crippen LogP) is 1.56. The molecule has 0 saturated carbocycles. The fraction of sp³-hybridized carbons (Fsp3) is 0.500. The van der Waals surface area contributed by atoms with Gasteiger partial charge in [0.25, 0.3) is 0 Å². The van der Waals surface area contributed by atoms with Crippen LogP contribution in [0.1, 0.15) is 6.42 Å². The molecule has 0 spiro atoms. The van der Waals surface area contributed by atoms with Crippen molar-refractivity contribution in [1.82, 2.24) is 4.98 Å². The molecule has 2 rings (SSSR count). The number of thiazole rings is 1. The van der Waals surface area contributed by atoms with E-state index in [2.05, 4.69) is 26.2 Å². The second kappa shape index (κ2) is 4.07. The second-order valence-corrected chi connectivity index (χ2v) is 4.96. The van der Waals surface area contributed by atoms with E-state index >= 15 is 0 Å². The van der Waals surface area contributed by atoms with E-state index in [9.17, 15) is 4.79 Å². The zero-order valence-electron chi connectivity index (χ0n) is 7.70. The number of hydrogen-bond donors (Lipinski definition) is 2. The number of ether oxygens (including phenoxy) is 1. The molecule has 1 unspecified atom stereocenters. The Morgan fingerprint density at radius 2 is 2.60 bits per heavy atom. The summed E-state index contributed by atoms with van der Waals surface area (Å²) in [4.78, 5) is 15.3. The van der Waals surface area contributed by atoms with Crippen LogP contribution >= 0.6 is 27.3 Å². The van der Waals surface area contributed by atoms with E-state index in [1.807, 2.05) is 0 Å². The van der Waals surface area contributed by atoms with Crippen LogP contribution in [0.3, 0.4) is 0 Å². The van der Waals surface area contributed by atoms with Crippen molar-refractivity contribution in [2.45, 2.75) is 12.0 Å². The normalized spacial score (nSPS) is 25.4. The molecule has 1 aliphatic rings. The van der Waals surface area contributed by atoms with Crippen LogP contribution in [-0.4, -0.2) is 34.8 Å². The Balaban J connectivity index is 2.17. The summed E-state index contributed by atoms with van der Waals surface area (Å²) in [5.74, 6) is -0.897. The smallest absolute Gasteiger partial charge is 0.331 e.